The lowest BCUT2D eigenvalue weighted by molar-refractivity contribution is -0.136. The van der Waals surface area contributed by atoms with Crippen molar-refractivity contribution in [2.24, 2.45) is 5.41 Å². The Morgan fingerprint density at radius 3 is 2.71 bits per heavy atom. The summed E-state index contributed by atoms with van der Waals surface area (Å²) in [6.45, 7) is 2.98. The summed E-state index contributed by atoms with van der Waals surface area (Å²) < 4.78 is 0. The summed E-state index contributed by atoms with van der Waals surface area (Å²) in [5, 5.41) is 3.11. The van der Waals surface area contributed by atoms with Crippen LogP contribution >= 0.6 is 0 Å². The Morgan fingerprint density at radius 1 is 1.11 bits per heavy atom. The minimum Gasteiger partial charge on any atom is -0.375 e. The number of aromatic nitrogens is 1. The van der Waals surface area contributed by atoms with E-state index in [0.717, 1.165) is 38.0 Å². The molecule has 2 aromatic rings. The maximum absolute atomic E-state index is 13.1. The first-order valence-corrected chi connectivity index (χ1v) is 9.91. The standard InChI is InChI=1S/C22H26N4O2/c27-20(16-24-19-7-4-11-23-15-19)26-14-10-22(17-26)9-13-25(21(22)28)12-8-18-5-2-1-3-6-18/h1-7,11,15,24H,8-10,12-14,16-17H2. The number of likely N-dealkylation sites (tertiary alicyclic amines) is 2. The molecule has 0 saturated carbocycles. The Kier molecular flexibility index (Phi) is 5.28. The van der Waals surface area contributed by atoms with Gasteiger partial charge in [0, 0.05) is 38.6 Å². The zero-order chi connectivity index (χ0) is 19.4. The molecule has 3 heterocycles. The van der Waals surface area contributed by atoms with Crippen LogP contribution < -0.4 is 5.32 Å². The Hall–Kier alpha value is -2.89. The van der Waals surface area contributed by atoms with Gasteiger partial charge in [-0.2, -0.15) is 0 Å². The molecular weight excluding hydrogens is 352 g/mol. The second-order valence-corrected chi connectivity index (χ2v) is 7.72. The fourth-order valence-corrected chi connectivity index (χ4v) is 4.24. The van der Waals surface area contributed by atoms with Crippen LogP contribution in [0.3, 0.4) is 0 Å². The van der Waals surface area contributed by atoms with Crippen LogP contribution in [0.1, 0.15) is 18.4 Å². The third kappa shape index (κ3) is 3.86. The lowest BCUT2D eigenvalue weighted by atomic mass is 9.85. The number of anilines is 1. The van der Waals surface area contributed by atoms with Crippen molar-refractivity contribution in [1.82, 2.24) is 14.8 Å². The van der Waals surface area contributed by atoms with Gasteiger partial charge in [0.15, 0.2) is 0 Å². The number of benzene rings is 1. The molecule has 1 atom stereocenters. The van der Waals surface area contributed by atoms with Gasteiger partial charge in [0.2, 0.25) is 11.8 Å². The highest BCUT2D eigenvalue weighted by Crippen LogP contribution is 2.40. The van der Waals surface area contributed by atoms with Crippen LogP contribution in [0.15, 0.2) is 54.9 Å². The Bertz CT molecular complexity index is 827. The zero-order valence-electron chi connectivity index (χ0n) is 16.0. The summed E-state index contributed by atoms with van der Waals surface area (Å²) in [7, 11) is 0. The molecule has 2 saturated heterocycles. The van der Waals surface area contributed by atoms with E-state index in [1.807, 2.05) is 40.1 Å². The van der Waals surface area contributed by atoms with E-state index in [9.17, 15) is 9.59 Å². The van der Waals surface area contributed by atoms with Crippen molar-refractivity contribution in [3.63, 3.8) is 0 Å². The van der Waals surface area contributed by atoms with Crippen molar-refractivity contribution in [2.45, 2.75) is 19.3 Å². The second-order valence-electron chi connectivity index (χ2n) is 7.72. The highest BCUT2D eigenvalue weighted by molar-refractivity contribution is 5.88. The maximum atomic E-state index is 13.1. The number of amides is 2. The van der Waals surface area contributed by atoms with Gasteiger partial charge in [0.25, 0.3) is 0 Å². The molecule has 1 N–H and O–H groups in total. The molecule has 6 nitrogen and oxygen atoms in total. The molecule has 1 spiro atoms. The minimum absolute atomic E-state index is 0.0382. The number of nitrogens with one attached hydrogen (secondary N) is 1. The van der Waals surface area contributed by atoms with Crippen LogP contribution in [-0.4, -0.2) is 59.3 Å². The molecule has 146 valence electrons. The number of pyridine rings is 1. The first-order chi connectivity index (χ1) is 13.7. The third-order valence-corrected chi connectivity index (χ3v) is 5.93. The van der Waals surface area contributed by atoms with Crippen LogP contribution in [0.2, 0.25) is 0 Å². The van der Waals surface area contributed by atoms with Crippen molar-refractivity contribution >= 4 is 17.5 Å². The fraction of sp³-hybridized carbons (Fsp3) is 0.409. The van der Waals surface area contributed by atoms with Crippen LogP contribution in [0.25, 0.3) is 0 Å². The minimum atomic E-state index is -0.374. The Balaban J connectivity index is 1.30. The number of nitrogens with zero attached hydrogens (tertiary/aromatic N) is 3. The second kappa shape index (κ2) is 8.00. The lowest BCUT2D eigenvalue weighted by Crippen LogP contribution is -2.40. The molecule has 0 radical (unpaired) electrons. The number of carbonyl (C=O) groups is 2. The molecule has 1 aromatic heterocycles. The Labute approximate surface area is 165 Å². The maximum Gasteiger partial charge on any atom is 0.241 e. The van der Waals surface area contributed by atoms with Crippen LogP contribution in [0.4, 0.5) is 5.69 Å². The number of hydrogen-bond acceptors (Lipinski definition) is 4. The summed E-state index contributed by atoms with van der Waals surface area (Å²) in [5.74, 6) is 0.259. The lowest BCUT2D eigenvalue weighted by Gasteiger charge is -2.24. The molecule has 6 heteroatoms. The van der Waals surface area contributed by atoms with Gasteiger partial charge in [0.1, 0.15) is 0 Å². The van der Waals surface area contributed by atoms with Gasteiger partial charge in [0.05, 0.1) is 17.6 Å². The highest BCUT2D eigenvalue weighted by atomic mass is 16.2. The molecule has 1 unspecified atom stereocenters. The number of carbonyl (C=O) groups excluding carboxylic acids is 2. The van der Waals surface area contributed by atoms with E-state index < -0.39 is 0 Å². The molecule has 0 bridgehead atoms. The summed E-state index contributed by atoms with van der Waals surface area (Å²) in [6, 6.07) is 14.0. The Morgan fingerprint density at radius 2 is 1.93 bits per heavy atom. The summed E-state index contributed by atoms with van der Waals surface area (Å²) in [6.07, 6.45) is 5.89. The topological polar surface area (TPSA) is 65.5 Å². The molecule has 2 aliphatic heterocycles. The van der Waals surface area contributed by atoms with Crippen molar-refractivity contribution < 1.29 is 9.59 Å². The molecule has 0 aliphatic carbocycles. The van der Waals surface area contributed by atoms with Crippen LogP contribution in [-0.2, 0) is 16.0 Å². The first kappa shape index (κ1) is 18.5. The van der Waals surface area contributed by atoms with Gasteiger partial charge in [-0.15, -0.1) is 0 Å². The molecule has 2 aliphatic rings. The quantitative estimate of drug-likeness (QED) is 0.837. The van der Waals surface area contributed by atoms with E-state index in [0.29, 0.717) is 13.1 Å². The average molecular weight is 378 g/mol. The predicted molar refractivity (Wildman–Crippen MR) is 108 cm³/mol. The van der Waals surface area contributed by atoms with E-state index in [2.05, 4.69) is 22.4 Å². The van der Waals surface area contributed by atoms with Crippen molar-refractivity contribution in [3.05, 3.63) is 60.4 Å². The summed E-state index contributed by atoms with van der Waals surface area (Å²) in [4.78, 5) is 33.5. The monoisotopic (exact) mass is 378 g/mol. The van der Waals surface area contributed by atoms with E-state index in [-0.39, 0.29) is 23.8 Å². The normalized spacial score (nSPS) is 21.5. The van der Waals surface area contributed by atoms with Gasteiger partial charge >= 0.3 is 0 Å². The summed E-state index contributed by atoms with van der Waals surface area (Å²) >= 11 is 0. The molecule has 2 fully saturated rings. The van der Waals surface area contributed by atoms with Gasteiger partial charge < -0.3 is 15.1 Å². The van der Waals surface area contributed by atoms with Gasteiger partial charge in [-0.1, -0.05) is 30.3 Å². The van der Waals surface area contributed by atoms with Crippen molar-refractivity contribution in [2.75, 3.05) is 38.0 Å². The van der Waals surface area contributed by atoms with E-state index >= 15 is 0 Å². The number of hydrogen-bond donors (Lipinski definition) is 1. The third-order valence-electron chi connectivity index (χ3n) is 5.93. The first-order valence-electron chi connectivity index (χ1n) is 9.91. The van der Waals surface area contributed by atoms with Crippen LogP contribution in [0.5, 0.6) is 0 Å². The predicted octanol–water partition coefficient (Wildman–Crippen LogP) is 2.19. The molecule has 28 heavy (non-hydrogen) atoms. The highest BCUT2D eigenvalue weighted by Gasteiger charge is 2.51. The molecule has 4 rings (SSSR count). The van der Waals surface area contributed by atoms with Crippen molar-refractivity contribution in [1.29, 1.82) is 0 Å². The number of rotatable bonds is 6. The zero-order valence-corrected chi connectivity index (χ0v) is 16.0. The van der Waals surface area contributed by atoms with E-state index in [1.165, 1.54) is 5.56 Å². The average Bonchev–Trinajstić information content (AvgIpc) is 3.31. The van der Waals surface area contributed by atoms with Crippen LogP contribution in [0, 0.1) is 5.41 Å². The molecule has 2 amide bonds. The van der Waals surface area contributed by atoms with Gasteiger partial charge in [-0.3, -0.25) is 14.6 Å². The van der Waals surface area contributed by atoms with Gasteiger partial charge in [-0.25, -0.2) is 0 Å². The van der Waals surface area contributed by atoms with Gasteiger partial charge in [-0.05, 0) is 37.0 Å². The van der Waals surface area contributed by atoms with E-state index in [1.54, 1.807) is 12.4 Å². The summed E-state index contributed by atoms with van der Waals surface area (Å²) in [5.41, 5.74) is 1.70. The largest absolute Gasteiger partial charge is 0.375 e. The van der Waals surface area contributed by atoms with Crippen molar-refractivity contribution in [3.8, 4) is 0 Å². The molecule has 1 aromatic carbocycles. The SMILES string of the molecule is O=C(CNc1cccnc1)N1CCC2(CCN(CCc3ccccc3)C2=O)C1. The fourth-order valence-electron chi connectivity index (χ4n) is 4.24. The smallest absolute Gasteiger partial charge is 0.241 e. The molecular formula is C22H26N4O2. The van der Waals surface area contributed by atoms with E-state index in [4.69, 9.17) is 0 Å².